The number of hydrogen-bond acceptors (Lipinski definition) is 4. The van der Waals surface area contributed by atoms with Gasteiger partial charge in [-0.2, -0.15) is 5.26 Å². The summed E-state index contributed by atoms with van der Waals surface area (Å²) >= 11 is 0. The molecule has 0 spiro atoms. The molecule has 1 aliphatic heterocycles. The fourth-order valence-corrected chi connectivity index (χ4v) is 2.79. The van der Waals surface area contributed by atoms with Gasteiger partial charge in [0.15, 0.2) is 0 Å². The molecular weight excluding hydrogens is 252 g/mol. The Balaban J connectivity index is 2.57. The molecule has 5 heteroatoms. The zero-order chi connectivity index (χ0) is 15.1. The molecule has 1 saturated heterocycles. The molecule has 1 aliphatic rings. The molecule has 0 aliphatic carbocycles. The number of amides is 1. The fourth-order valence-electron chi connectivity index (χ4n) is 2.79. The number of carbonyl (C=O) groups excluding carboxylic acids is 1. The molecule has 1 amide bonds. The van der Waals surface area contributed by atoms with Crippen molar-refractivity contribution in [2.45, 2.75) is 33.2 Å². The second-order valence-electron chi connectivity index (χ2n) is 5.79. The van der Waals surface area contributed by atoms with Gasteiger partial charge in [-0.1, -0.05) is 0 Å². The lowest BCUT2D eigenvalue weighted by Gasteiger charge is -2.46. The number of rotatable bonds is 1. The van der Waals surface area contributed by atoms with Gasteiger partial charge in [0, 0.05) is 25.8 Å². The number of aryl methyl sites for hydroxylation is 2. The Hall–Kier alpha value is -2.09. The number of anilines is 1. The number of likely N-dealkylation sites (N-methyl/N-ethyl adjacent to an activating group) is 1. The number of carbonyl (C=O) groups is 1. The molecular formula is C15H20N4O. The first-order valence-corrected chi connectivity index (χ1v) is 6.70. The van der Waals surface area contributed by atoms with Crippen LogP contribution >= 0.6 is 0 Å². The first-order chi connectivity index (χ1) is 9.28. The average molecular weight is 272 g/mol. The number of nitrogens with zero attached hydrogens (tertiary/aromatic N) is 4. The van der Waals surface area contributed by atoms with E-state index in [-0.39, 0.29) is 5.91 Å². The zero-order valence-electron chi connectivity index (χ0n) is 12.7. The first kappa shape index (κ1) is 14.3. The van der Waals surface area contributed by atoms with Crippen molar-refractivity contribution in [3.05, 3.63) is 23.0 Å². The summed E-state index contributed by atoms with van der Waals surface area (Å²) in [6.45, 7) is 8.91. The first-order valence-electron chi connectivity index (χ1n) is 6.70. The molecule has 106 valence electrons. The van der Waals surface area contributed by atoms with Gasteiger partial charge in [-0.05, 0) is 33.8 Å². The molecule has 0 aromatic carbocycles. The SMILES string of the molecule is Cc1cc(N2CCN(C)C(=O)C2(C)C)c(C#N)c(C)n1. The number of nitriles is 1. The van der Waals surface area contributed by atoms with Crippen LogP contribution in [0.15, 0.2) is 6.07 Å². The van der Waals surface area contributed by atoms with E-state index in [1.807, 2.05) is 45.7 Å². The number of aromatic nitrogens is 1. The van der Waals surface area contributed by atoms with Crippen molar-refractivity contribution in [1.82, 2.24) is 9.88 Å². The van der Waals surface area contributed by atoms with Crippen molar-refractivity contribution < 1.29 is 4.79 Å². The van der Waals surface area contributed by atoms with Gasteiger partial charge in [-0.15, -0.1) is 0 Å². The normalized spacial score (nSPS) is 18.1. The van der Waals surface area contributed by atoms with Crippen LogP contribution in [0.1, 0.15) is 30.8 Å². The molecule has 1 aromatic rings. The van der Waals surface area contributed by atoms with Crippen LogP contribution < -0.4 is 4.90 Å². The summed E-state index contributed by atoms with van der Waals surface area (Å²) in [6, 6.07) is 4.12. The summed E-state index contributed by atoms with van der Waals surface area (Å²) in [6.07, 6.45) is 0. The quantitative estimate of drug-likeness (QED) is 0.779. The third-order valence-corrected chi connectivity index (χ3v) is 3.91. The van der Waals surface area contributed by atoms with Crippen molar-refractivity contribution in [2.24, 2.45) is 0 Å². The van der Waals surface area contributed by atoms with Crippen molar-refractivity contribution in [1.29, 1.82) is 5.26 Å². The predicted molar refractivity (Wildman–Crippen MR) is 77.5 cm³/mol. The molecule has 0 unspecified atom stereocenters. The minimum atomic E-state index is -0.654. The van der Waals surface area contributed by atoms with Crippen LogP contribution in [0, 0.1) is 25.2 Å². The topological polar surface area (TPSA) is 60.2 Å². The molecule has 1 aromatic heterocycles. The average Bonchev–Trinajstić information content (AvgIpc) is 2.35. The second-order valence-corrected chi connectivity index (χ2v) is 5.79. The van der Waals surface area contributed by atoms with Crippen LogP contribution in [0.25, 0.3) is 0 Å². The van der Waals surface area contributed by atoms with E-state index in [1.54, 1.807) is 4.90 Å². The number of piperazine rings is 1. The minimum Gasteiger partial charge on any atom is -0.355 e. The number of pyridine rings is 1. The standard InChI is InChI=1S/C15H20N4O/c1-10-8-13(12(9-16)11(2)17-10)19-7-6-18(5)14(20)15(19,3)4/h8H,6-7H2,1-5H3. The van der Waals surface area contributed by atoms with Gasteiger partial charge >= 0.3 is 0 Å². The maximum absolute atomic E-state index is 12.4. The summed E-state index contributed by atoms with van der Waals surface area (Å²) in [7, 11) is 1.82. The molecule has 5 nitrogen and oxygen atoms in total. The van der Waals surface area contributed by atoms with Crippen molar-refractivity contribution >= 4 is 11.6 Å². The summed E-state index contributed by atoms with van der Waals surface area (Å²) in [5, 5.41) is 9.40. The monoisotopic (exact) mass is 272 g/mol. The maximum atomic E-state index is 12.4. The van der Waals surface area contributed by atoms with Gasteiger partial charge in [0.05, 0.1) is 16.9 Å². The van der Waals surface area contributed by atoms with Gasteiger partial charge in [0.1, 0.15) is 11.6 Å². The summed E-state index contributed by atoms with van der Waals surface area (Å²) in [4.78, 5) is 20.5. The molecule has 0 radical (unpaired) electrons. The summed E-state index contributed by atoms with van der Waals surface area (Å²) in [5.74, 6) is 0.0692. The van der Waals surface area contributed by atoms with Crippen molar-refractivity contribution in [3.8, 4) is 6.07 Å². The van der Waals surface area contributed by atoms with E-state index >= 15 is 0 Å². The van der Waals surface area contributed by atoms with Gasteiger partial charge in [-0.3, -0.25) is 9.78 Å². The van der Waals surface area contributed by atoms with Gasteiger partial charge in [-0.25, -0.2) is 0 Å². The van der Waals surface area contributed by atoms with Crippen LogP contribution in [0.3, 0.4) is 0 Å². The third-order valence-electron chi connectivity index (χ3n) is 3.91. The highest BCUT2D eigenvalue weighted by Crippen LogP contribution is 2.32. The Morgan fingerprint density at radius 3 is 2.60 bits per heavy atom. The Bertz CT molecular complexity index is 601. The fraction of sp³-hybridized carbons (Fsp3) is 0.533. The second kappa shape index (κ2) is 4.78. The highest BCUT2D eigenvalue weighted by molar-refractivity contribution is 5.91. The van der Waals surface area contributed by atoms with E-state index in [4.69, 9.17) is 0 Å². The number of hydrogen-bond donors (Lipinski definition) is 0. The molecule has 20 heavy (non-hydrogen) atoms. The largest absolute Gasteiger partial charge is 0.355 e. The molecule has 0 saturated carbocycles. The van der Waals surface area contributed by atoms with Crippen LogP contribution in [0.5, 0.6) is 0 Å². The Labute approximate surface area is 119 Å². The van der Waals surface area contributed by atoms with Crippen LogP contribution in [-0.2, 0) is 4.79 Å². The zero-order valence-corrected chi connectivity index (χ0v) is 12.7. The van der Waals surface area contributed by atoms with Crippen LogP contribution in [0.2, 0.25) is 0 Å². The van der Waals surface area contributed by atoms with Crippen LogP contribution in [0.4, 0.5) is 5.69 Å². The summed E-state index contributed by atoms with van der Waals surface area (Å²) in [5.41, 5.74) is 2.28. The highest BCUT2D eigenvalue weighted by Gasteiger charge is 2.41. The van der Waals surface area contributed by atoms with Gasteiger partial charge in [0.25, 0.3) is 0 Å². The van der Waals surface area contributed by atoms with Gasteiger partial charge in [0.2, 0.25) is 5.91 Å². The van der Waals surface area contributed by atoms with Crippen LogP contribution in [-0.4, -0.2) is 41.5 Å². The predicted octanol–water partition coefficient (Wildman–Crippen LogP) is 1.63. The van der Waals surface area contributed by atoms with E-state index in [0.717, 1.165) is 11.4 Å². The molecule has 0 bridgehead atoms. The van der Waals surface area contributed by atoms with Crippen molar-refractivity contribution in [2.75, 3.05) is 25.0 Å². The Morgan fingerprint density at radius 1 is 1.35 bits per heavy atom. The van der Waals surface area contributed by atoms with E-state index in [2.05, 4.69) is 11.1 Å². The molecule has 1 fully saturated rings. The Kier molecular flexibility index (Phi) is 3.43. The lowest BCUT2D eigenvalue weighted by atomic mass is 9.95. The third kappa shape index (κ3) is 2.11. The van der Waals surface area contributed by atoms with E-state index < -0.39 is 5.54 Å². The smallest absolute Gasteiger partial charge is 0.247 e. The molecule has 0 N–H and O–H groups in total. The maximum Gasteiger partial charge on any atom is 0.247 e. The molecule has 2 rings (SSSR count). The lowest BCUT2D eigenvalue weighted by Crippen LogP contribution is -2.62. The minimum absolute atomic E-state index is 0.0692. The van der Waals surface area contributed by atoms with Gasteiger partial charge < -0.3 is 9.80 Å². The van der Waals surface area contributed by atoms with E-state index in [9.17, 15) is 10.1 Å². The summed E-state index contributed by atoms with van der Waals surface area (Å²) < 4.78 is 0. The molecule has 2 heterocycles. The van der Waals surface area contributed by atoms with E-state index in [1.165, 1.54) is 0 Å². The Morgan fingerprint density at radius 2 is 2.00 bits per heavy atom. The van der Waals surface area contributed by atoms with Crippen molar-refractivity contribution in [3.63, 3.8) is 0 Å². The molecule has 0 atom stereocenters. The highest BCUT2D eigenvalue weighted by atomic mass is 16.2. The van der Waals surface area contributed by atoms with E-state index in [0.29, 0.717) is 24.3 Å². The lowest BCUT2D eigenvalue weighted by molar-refractivity contribution is -0.136.